The normalized spacial score (nSPS) is 11.6. The number of rotatable bonds is 3. The molecule has 126 valence electrons. The molecular formula is C16H19N5O2S. The summed E-state index contributed by atoms with van der Waals surface area (Å²) in [5, 5.41) is 16.5. The number of imidazole rings is 1. The van der Waals surface area contributed by atoms with Gasteiger partial charge in [-0.25, -0.2) is 9.31 Å². The summed E-state index contributed by atoms with van der Waals surface area (Å²) in [5.74, 6) is 0.0359. The highest BCUT2D eigenvalue weighted by Crippen LogP contribution is 2.18. The molecule has 7 nitrogen and oxygen atoms in total. The Morgan fingerprint density at radius 2 is 2.21 bits per heavy atom. The first-order valence-corrected chi connectivity index (χ1v) is 8.34. The van der Waals surface area contributed by atoms with Crippen LogP contribution in [0.2, 0.25) is 0 Å². The van der Waals surface area contributed by atoms with Crippen LogP contribution in [0.15, 0.2) is 36.1 Å². The summed E-state index contributed by atoms with van der Waals surface area (Å²) in [5.41, 5.74) is 1.08. The number of amidine groups is 1. The van der Waals surface area contributed by atoms with Crippen LogP contribution in [0.4, 0.5) is 4.79 Å². The molecule has 0 unspecified atom stereocenters. The minimum Gasteiger partial charge on any atom is -0.444 e. The molecule has 8 heteroatoms. The van der Waals surface area contributed by atoms with Gasteiger partial charge in [-0.15, -0.1) is 11.3 Å². The van der Waals surface area contributed by atoms with E-state index < -0.39 is 11.7 Å². The molecule has 3 aromatic rings. The van der Waals surface area contributed by atoms with Crippen LogP contribution in [0.5, 0.6) is 0 Å². The molecule has 3 heterocycles. The van der Waals surface area contributed by atoms with Crippen molar-refractivity contribution in [3.63, 3.8) is 0 Å². The summed E-state index contributed by atoms with van der Waals surface area (Å²) in [6.07, 6.45) is 5.00. The topological polar surface area (TPSA) is 84.4 Å². The Balaban J connectivity index is 1.66. The predicted molar refractivity (Wildman–Crippen MR) is 92.8 cm³/mol. The van der Waals surface area contributed by atoms with E-state index in [4.69, 9.17) is 10.1 Å². The van der Waals surface area contributed by atoms with Crippen molar-refractivity contribution in [2.24, 2.45) is 0 Å². The Kier molecular flexibility index (Phi) is 4.15. The molecule has 0 spiro atoms. The van der Waals surface area contributed by atoms with E-state index in [0.29, 0.717) is 12.1 Å². The summed E-state index contributed by atoms with van der Waals surface area (Å²) in [4.78, 5) is 12.8. The number of nitrogens with zero attached hydrogens (tertiary/aromatic N) is 3. The van der Waals surface area contributed by atoms with Crippen LogP contribution < -0.4 is 5.32 Å². The molecule has 3 aromatic heterocycles. The maximum Gasteiger partial charge on any atom is 0.413 e. The zero-order chi connectivity index (χ0) is 17.3. The first kappa shape index (κ1) is 16.3. The van der Waals surface area contributed by atoms with Gasteiger partial charge in [-0.3, -0.25) is 10.7 Å². The van der Waals surface area contributed by atoms with E-state index >= 15 is 0 Å². The van der Waals surface area contributed by atoms with Gasteiger partial charge < -0.3 is 9.30 Å². The minimum atomic E-state index is -0.619. The number of ether oxygens (including phenoxy) is 1. The molecule has 3 rings (SSSR count). The van der Waals surface area contributed by atoms with Gasteiger partial charge in [0.15, 0.2) is 0 Å². The molecule has 0 bridgehead atoms. The second kappa shape index (κ2) is 6.12. The van der Waals surface area contributed by atoms with E-state index in [0.717, 1.165) is 10.5 Å². The van der Waals surface area contributed by atoms with Gasteiger partial charge in [-0.2, -0.15) is 5.10 Å². The van der Waals surface area contributed by atoms with Crippen LogP contribution in [-0.2, 0) is 11.3 Å². The SMILES string of the molecule is CC(C)(C)OC(=O)NC(=N)c1csc(Cn2ccn3nccc23)c1. The Labute approximate surface area is 143 Å². The van der Waals surface area contributed by atoms with E-state index in [1.165, 1.54) is 0 Å². The summed E-state index contributed by atoms with van der Waals surface area (Å²) in [6.45, 7) is 6.04. The summed E-state index contributed by atoms with van der Waals surface area (Å²) in [7, 11) is 0. The third-order valence-electron chi connectivity index (χ3n) is 3.23. The molecule has 2 N–H and O–H groups in total. The van der Waals surface area contributed by atoms with Crippen molar-refractivity contribution in [2.45, 2.75) is 32.9 Å². The van der Waals surface area contributed by atoms with Gasteiger partial charge >= 0.3 is 6.09 Å². The molecule has 0 aliphatic carbocycles. The molecule has 0 fully saturated rings. The molecule has 0 aromatic carbocycles. The Bertz CT molecular complexity index is 884. The maximum atomic E-state index is 11.7. The fourth-order valence-corrected chi connectivity index (χ4v) is 3.12. The van der Waals surface area contributed by atoms with Crippen LogP contribution in [0.25, 0.3) is 5.65 Å². The number of carbonyl (C=O) groups excluding carboxylic acids is 1. The van der Waals surface area contributed by atoms with Crippen LogP contribution in [0, 0.1) is 5.41 Å². The average Bonchev–Trinajstić information content (AvgIpc) is 3.15. The van der Waals surface area contributed by atoms with Crippen molar-refractivity contribution < 1.29 is 9.53 Å². The third-order valence-corrected chi connectivity index (χ3v) is 4.15. The number of carbonyl (C=O) groups is 1. The Morgan fingerprint density at radius 3 is 2.96 bits per heavy atom. The Morgan fingerprint density at radius 1 is 1.42 bits per heavy atom. The van der Waals surface area contributed by atoms with Gasteiger partial charge in [0.05, 0.1) is 12.7 Å². The quantitative estimate of drug-likeness (QED) is 0.565. The molecule has 1 amide bonds. The zero-order valence-electron chi connectivity index (χ0n) is 13.7. The highest BCUT2D eigenvalue weighted by molar-refractivity contribution is 7.10. The Hall–Kier alpha value is -2.61. The molecular weight excluding hydrogens is 326 g/mol. The molecule has 0 radical (unpaired) electrons. The van der Waals surface area contributed by atoms with Crippen molar-refractivity contribution in [3.05, 3.63) is 46.5 Å². The van der Waals surface area contributed by atoms with Gasteiger partial charge in [0.2, 0.25) is 0 Å². The standard InChI is InChI=1S/C16H19N5O2S/c1-16(2,3)23-15(22)19-14(17)11-8-12(24-10-11)9-20-6-7-21-13(20)4-5-18-21/h4-8,10H,9H2,1-3H3,(H2,17,19,22). The number of hydrogen-bond donors (Lipinski definition) is 2. The first-order valence-electron chi connectivity index (χ1n) is 7.47. The van der Waals surface area contributed by atoms with Gasteiger partial charge in [0.25, 0.3) is 0 Å². The van der Waals surface area contributed by atoms with Crippen LogP contribution in [0.3, 0.4) is 0 Å². The van der Waals surface area contributed by atoms with Crippen molar-refractivity contribution in [2.75, 3.05) is 0 Å². The number of thiophene rings is 1. The lowest BCUT2D eigenvalue weighted by Gasteiger charge is -2.19. The number of amides is 1. The maximum absolute atomic E-state index is 11.7. The minimum absolute atomic E-state index is 0.0359. The van der Waals surface area contributed by atoms with Crippen LogP contribution in [-0.4, -0.2) is 31.7 Å². The fourth-order valence-electron chi connectivity index (χ4n) is 2.24. The number of alkyl carbamates (subject to hydrolysis) is 1. The van der Waals surface area contributed by atoms with E-state index in [1.807, 2.05) is 29.9 Å². The van der Waals surface area contributed by atoms with Crippen molar-refractivity contribution in [3.8, 4) is 0 Å². The number of nitrogens with one attached hydrogen (secondary N) is 2. The van der Waals surface area contributed by atoms with Gasteiger partial charge in [-0.05, 0) is 26.8 Å². The molecule has 0 atom stereocenters. The lowest BCUT2D eigenvalue weighted by molar-refractivity contribution is 0.0563. The number of hydrogen-bond acceptors (Lipinski definition) is 5. The lowest BCUT2D eigenvalue weighted by Crippen LogP contribution is -2.36. The molecule has 0 saturated heterocycles. The monoisotopic (exact) mass is 345 g/mol. The van der Waals surface area contributed by atoms with Gasteiger partial charge in [0.1, 0.15) is 17.1 Å². The lowest BCUT2D eigenvalue weighted by atomic mass is 10.2. The second-order valence-corrected chi connectivity index (χ2v) is 7.36. The highest BCUT2D eigenvalue weighted by atomic mass is 32.1. The second-order valence-electron chi connectivity index (χ2n) is 6.36. The third kappa shape index (κ3) is 3.65. The number of fused-ring (bicyclic) bond motifs is 1. The molecule has 0 aliphatic rings. The van der Waals surface area contributed by atoms with Gasteiger partial charge in [-0.1, -0.05) is 0 Å². The zero-order valence-corrected chi connectivity index (χ0v) is 14.6. The summed E-state index contributed by atoms with van der Waals surface area (Å²) >= 11 is 1.54. The summed E-state index contributed by atoms with van der Waals surface area (Å²) in [6, 6.07) is 3.85. The van der Waals surface area contributed by atoms with Crippen LogP contribution in [0.1, 0.15) is 31.2 Å². The fraction of sp³-hybridized carbons (Fsp3) is 0.312. The first-order chi connectivity index (χ1) is 11.3. The smallest absolute Gasteiger partial charge is 0.413 e. The molecule has 0 aliphatic heterocycles. The highest BCUT2D eigenvalue weighted by Gasteiger charge is 2.18. The van der Waals surface area contributed by atoms with Crippen molar-refractivity contribution in [1.82, 2.24) is 19.5 Å². The van der Waals surface area contributed by atoms with E-state index in [1.54, 1.807) is 42.8 Å². The van der Waals surface area contributed by atoms with Gasteiger partial charge in [0, 0.05) is 34.3 Å². The van der Waals surface area contributed by atoms with Crippen molar-refractivity contribution in [1.29, 1.82) is 5.41 Å². The van der Waals surface area contributed by atoms with E-state index in [9.17, 15) is 4.79 Å². The molecule has 0 saturated carbocycles. The van der Waals surface area contributed by atoms with E-state index in [-0.39, 0.29) is 5.84 Å². The van der Waals surface area contributed by atoms with Crippen LogP contribution >= 0.6 is 11.3 Å². The average molecular weight is 345 g/mol. The van der Waals surface area contributed by atoms with E-state index in [2.05, 4.69) is 15.0 Å². The predicted octanol–water partition coefficient (Wildman–Crippen LogP) is 3.10. The molecule has 24 heavy (non-hydrogen) atoms. The largest absolute Gasteiger partial charge is 0.444 e. The summed E-state index contributed by atoms with van der Waals surface area (Å²) < 4.78 is 9.04. The van der Waals surface area contributed by atoms with Crippen molar-refractivity contribution >= 4 is 28.9 Å². The number of aromatic nitrogens is 3.